The lowest BCUT2D eigenvalue weighted by Crippen LogP contribution is -2.40. The Bertz CT molecular complexity index is 633. The summed E-state index contributed by atoms with van der Waals surface area (Å²) in [7, 11) is -3.78. The lowest BCUT2D eigenvalue weighted by atomic mass is 10.2. The fourth-order valence-corrected chi connectivity index (χ4v) is 5.45. The second-order valence-electron chi connectivity index (χ2n) is 4.98. The predicted molar refractivity (Wildman–Crippen MR) is 78.2 cm³/mol. The van der Waals surface area contributed by atoms with Crippen molar-refractivity contribution < 1.29 is 18.3 Å². The molecule has 1 aromatic rings. The molecule has 5 nitrogen and oxygen atoms in total. The zero-order valence-corrected chi connectivity index (χ0v) is 13.7. The third kappa shape index (κ3) is 2.62. The van der Waals surface area contributed by atoms with Crippen LogP contribution in [-0.4, -0.2) is 36.4 Å². The van der Waals surface area contributed by atoms with Crippen LogP contribution in [0.4, 0.5) is 0 Å². The Balaban J connectivity index is 2.54. The molecule has 1 aliphatic heterocycles. The largest absolute Gasteiger partial charge is 0.480 e. The van der Waals surface area contributed by atoms with Gasteiger partial charge in [0.25, 0.3) is 0 Å². The maximum Gasteiger partial charge on any atom is 0.322 e. The first-order valence-corrected chi connectivity index (χ1v) is 8.50. The van der Waals surface area contributed by atoms with Crippen LogP contribution in [-0.2, 0) is 14.8 Å². The fourth-order valence-electron chi connectivity index (χ4n) is 2.70. The average molecular weight is 362 g/mol. The van der Waals surface area contributed by atoms with Gasteiger partial charge in [0.15, 0.2) is 0 Å². The van der Waals surface area contributed by atoms with E-state index in [0.717, 1.165) is 8.78 Å². The minimum absolute atomic E-state index is 0.217. The zero-order valence-electron chi connectivity index (χ0n) is 11.3. The van der Waals surface area contributed by atoms with Crippen LogP contribution in [0.3, 0.4) is 0 Å². The highest BCUT2D eigenvalue weighted by atomic mass is 79.9. The number of rotatable bonds is 3. The number of halogens is 1. The zero-order chi connectivity index (χ0) is 15.1. The van der Waals surface area contributed by atoms with E-state index in [2.05, 4.69) is 15.9 Å². The van der Waals surface area contributed by atoms with Crippen LogP contribution in [0.15, 0.2) is 21.5 Å². The maximum atomic E-state index is 12.7. The Kier molecular flexibility index (Phi) is 4.22. The van der Waals surface area contributed by atoms with Gasteiger partial charge in [-0.05, 0) is 49.9 Å². The normalized spacial score (nSPS) is 20.2. The van der Waals surface area contributed by atoms with Crippen LogP contribution in [0, 0.1) is 13.8 Å². The van der Waals surface area contributed by atoms with Gasteiger partial charge in [0.1, 0.15) is 6.04 Å². The van der Waals surface area contributed by atoms with E-state index >= 15 is 0 Å². The molecule has 1 aliphatic rings. The second kappa shape index (κ2) is 5.46. The number of sulfonamides is 1. The molecule has 1 fully saturated rings. The highest BCUT2D eigenvalue weighted by Crippen LogP contribution is 2.31. The first-order valence-electron chi connectivity index (χ1n) is 6.26. The van der Waals surface area contributed by atoms with Crippen LogP contribution in [0.25, 0.3) is 0 Å². The molecule has 0 bridgehead atoms. The monoisotopic (exact) mass is 361 g/mol. The molecule has 0 aliphatic carbocycles. The quantitative estimate of drug-likeness (QED) is 0.896. The molecular weight excluding hydrogens is 346 g/mol. The molecule has 0 amide bonds. The van der Waals surface area contributed by atoms with Crippen molar-refractivity contribution in [3.05, 3.63) is 27.7 Å². The SMILES string of the molecule is Cc1cc(Br)cc(C)c1S(=O)(=O)N1CCC[C@@H]1C(=O)O. The summed E-state index contributed by atoms with van der Waals surface area (Å²) in [5.41, 5.74) is 1.24. The van der Waals surface area contributed by atoms with Gasteiger partial charge in [-0.15, -0.1) is 0 Å². The van der Waals surface area contributed by atoms with Crippen molar-refractivity contribution in [1.29, 1.82) is 0 Å². The molecule has 7 heteroatoms. The fraction of sp³-hybridized carbons (Fsp3) is 0.462. The Labute approximate surface area is 126 Å². The molecule has 20 heavy (non-hydrogen) atoms. The van der Waals surface area contributed by atoms with E-state index in [9.17, 15) is 13.2 Å². The molecule has 0 spiro atoms. The summed E-state index contributed by atoms with van der Waals surface area (Å²) in [5, 5.41) is 9.16. The summed E-state index contributed by atoms with van der Waals surface area (Å²) in [6.07, 6.45) is 0.938. The molecule has 110 valence electrons. The number of carbonyl (C=O) groups is 1. The number of aryl methyl sites for hydroxylation is 2. The number of benzene rings is 1. The third-order valence-corrected chi connectivity index (χ3v) is 6.15. The molecule has 1 aromatic carbocycles. The summed E-state index contributed by atoms with van der Waals surface area (Å²) < 4.78 is 27.4. The molecule has 0 unspecified atom stereocenters. The van der Waals surface area contributed by atoms with Crippen molar-refractivity contribution in [3.63, 3.8) is 0 Å². The molecule has 2 rings (SSSR count). The van der Waals surface area contributed by atoms with Gasteiger partial charge in [0.05, 0.1) is 4.90 Å². The Morgan fingerprint density at radius 3 is 2.40 bits per heavy atom. The second-order valence-corrected chi connectivity index (χ2v) is 7.72. The van der Waals surface area contributed by atoms with E-state index in [-0.39, 0.29) is 11.4 Å². The van der Waals surface area contributed by atoms with Crippen molar-refractivity contribution >= 4 is 31.9 Å². The van der Waals surface area contributed by atoms with Crippen molar-refractivity contribution in [2.45, 2.75) is 37.6 Å². The Morgan fingerprint density at radius 1 is 1.35 bits per heavy atom. The van der Waals surface area contributed by atoms with E-state index in [1.165, 1.54) is 0 Å². The van der Waals surface area contributed by atoms with E-state index in [1.54, 1.807) is 26.0 Å². The summed E-state index contributed by atoms with van der Waals surface area (Å²) in [6.45, 7) is 3.70. The van der Waals surface area contributed by atoms with Gasteiger partial charge < -0.3 is 5.11 Å². The van der Waals surface area contributed by atoms with Gasteiger partial charge in [-0.3, -0.25) is 4.79 Å². The summed E-state index contributed by atoms with van der Waals surface area (Å²) in [6, 6.07) is 2.50. The van der Waals surface area contributed by atoms with E-state index < -0.39 is 22.0 Å². The number of nitrogens with zero attached hydrogens (tertiary/aromatic N) is 1. The van der Waals surface area contributed by atoms with Crippen LogP contribution in [0.5, 0.6) is 0 Å². The standard InChI is InChI=1S/C13H16BrNO4S/c1-8-6-10(14)7-9(2)12(8)20(18,19)15-5-3-4-11(15)13(16)17/h6-7,11H,3-5H2,1-2H3,(H,16,17)/t11-/m1/s1. The summed E-state index contributed by atoms with van der Waals surface area (Å²) >= 11 is 3.33. The van der Waals surface area contributed by atoms with E-state index in [4.69, 9.17) is 5.11 Å². The smallest absolute Gasteiger partial charge is 0.322 e. The first kappa shape index (κ1) is 15.5. The van der Waals surface area contributed by atoms with Crippen molar-refractivity contribution in [2.24, 2.45) is 0 Å². The van der Waals surface area contributed by atoms with Gasteiger partial charge in [0.2, 0.25) is 10.0 Å². The van der Waals surface area contributed by atoms with Crippen molar-refractivity contribution in [2.75, 3.05) is 6.54 Å². The topological polar surface area (TPSA) is 74.7 Å². The van der Waals surface area contributed by atoms with Gasteiger partial charge in [0, 0.05) is 11.0 Å². The average Bonchev–Trinajstić information content (AvgIpc) is 2.75. The highest BCUT2D eigenvalue weighted by molar-refractivity contribution is 9.10. The number of aliphatic carboxylic acids is 1. The number of hydrogen-bond donors (Lipinski definition) is 1. The number of carboxylic acid groups (broad SMARTS) is 1. The van der Waals surface area contributed by atoms with E-state index in [0.29, 0.717) is 24.0 Å². The predicted octanol–water partition coefficient (Wildman–Crippen LogP) is 2.30. The summed E-state index contributed by atoms with van der Waals surface area (Å²) in [5.74, 6) is -1.08. The van der Waals surface area contributed by atoms with E-state index in [1.807, 2.05) is 0 Å². The maximum absolute atomic E-state index is 12.7. The van der Waals surface area contributed by atoms with Crippen molar-refractivity contribution in [3.8, 4) is 0 Å². The molecule has 1 saturated heterocycles. The molecule has 0 radical (unpaired) electrons. The minimum atomic E-state index is -3.78. The third-order valence-electron chi connectivity index (χ3n) is 3.48. The Morgan fingerprint density at radius 2 is 1.90 bits per heavy atom. The highest BCUT2D eigenvalue weighted by Gasteiger charge is 2.40. The summed E-state index contributed by atoms with van der Waals surface area (Å²) in [4.78, 5) is 11.4. The van der Waals surface area contributed by atoms with Crippen LogP contribution in [0.2, 0.25) is 0 Å². The van der Waals surface area contributed by atoms with Crippen LogP contribution >= 0.6 is 15.9 Å². The molecule has 1 heterocycles. The van der Waals surface area contributed by atoms with Gasteiger partial charge >= 0.3 is 5.97 Å². The number of carboxylic acids is 1. The molecule has 1 atom stereocenters. The van der Waals surface area contributed by atoms with Crippen LogP contribution < -0.4 is 0 Å². The van der Waals surface area contributed by atoms with Gasteiger partial charge in [-0.2, -0.15) is 4.31 Å². The first-order chi connectivity index (χ1) is 9.25. The lowest BCUT2D eigenvalue weighted by Gasteiger charge is -2.23. The van der Waals surface area contributed by atoms with Crippen LogP contribution in [0.1, 0.15) is 24.0 Å². The molecular formula is C13H16BrNO4S. The number of hydrogen-bond acceptors (Lipinski definition) is 3. The lowest BCUT2D eigenvalue weighted by molar-refractivity contribution is -0.140. The molecule has 0 aromatic heterocycles. The van der Waals surface area contributed by atoms with Gasteiger partial charge in [-0.1, -0.05) is 15.9 Å². The van der Waals surface area contributed by atoms with Gasteiger partial charge in [-0.25, -0.2) is 8.42 Å². The van der Waals surface area contributed by atoms with Crippen molar-refractivity contribution in [1.82, 2.24) is 4.31 Å². The Hall–Kier alpha value is -0.920. The molecule has 0 saturated carbocycles. The molecule has 1 N–H and O–H groups in total. The minimum Gasteiger partial charge on any atom is -0.480 e.